The Kier molecular flexibility index (Phi) is 3.33. The van der Waals surface area contributed by atoms with Crippen molar-refractivity contribution in [2.24, 2.45) is 0 Å². The van der Waals surface area contributed by atoms with Crippen LogP contribution in [0.2, 0.25) is 0 Å². The van der Waals surface area contributed by atoms with Crippen LogP contribution in [0.4, 0.5) is 10.5 Å². The summed E-state index contributed by atoms with van der Waals surface area (Å²) in [6.45, 7) is 2.01. The number of aliphatic hydroxyl groups excluding tert-OH is 1. The fraction of sp³-hybridized carbons (Fsp3) is 0.462. The van der Waals surface area contributed by atoms with Crippen LogP contribution in [-0.4, -0.2) is 23.3 Å². The molecule has 1 aliphatic rings. The zero-order valence-electron chi connectivity index (χ0n) is 9.99. The van der Waals surface area contributed by atoms with Crippen LogP contribution < -0.4 is 10.6 Å². The van der Waals surface area contributed by atoms with Gasteiger partial charge in [0.1, 0.15) is 0 Å². The van der Waals surface area contributed by atoms with Gasteiger partial charge in [0.05, 0.1) is 12.1 Å². The molecule has 3 N–H and O–H groups in total. The van der Waals surface area contributed by atoms with Crippen molar-refractivity contribution in [3.8, 4) is 0 Å². The van der Waals surface area contributed by atoms with E-state index in [0.717, 1.165) is 30.5 Å². The maximum Gasteiger partial charge on any atom is 0.319 e. The first-order valence-corrected chi connectivity index (χ1v) is 5.90. The predicted octanol–water partition coefficient (Wildman–Crippen LogP) is 2.03. The van der Waals surface area contributed by atoms with Crippen LogP contribution >= 0.6 is 0 Å². The molecule has 0 spiro atoms. The van der Waals surface area contributed by atoms with Crippen LogP contribution in [0, 0.1) is 6.92 Å². The second-order valence-electron chi connectivity index (χ2n) is 4.74. The number of hydrogen-bond acceptors (Lipinski definition) is 2. The molecule has 2 amide bonds. The zero-order valence-corrected chi connectivity index (χ0v) is 9.99. The van der Waals surface area contributed by atoms with Gasteiger partial charge in [-0.2, -0.15) is 0 Å². The van der Waals surface area contributed by atoms with Gasteiger partial charge in [-0.05, 0) is 38.3 Å². The topological polar surface area (TPSA) is 61.4 Å². The van der Waals surface area contributed by atoms with Crippen molar-refractivity contribution in [3.05, 3.63) is 29.8 Å². The molecule has 1 aliphatic carbocycles. The number of hydrogen-bond donors (Lipinski definition) is 3. The lowest BCUT2D eigenvalue weighted by Crippen LogP contribution is -2.57. The van der Waals surface area contributed by atoms with Gasteiger partial charge < -0.3 is 15.7 Å². The van der Waals surface area contributed by atoms with E-state index in [1.807, 2.05) is 31.2 Å². The predicted molar refractivity (Wildman–Crippen MR) is 67.0 cm³/mol. The van der Waals surface area contributed by atoms with Gasteiger partial charge in [0.2, 0.25) is 0 Å². The van der Waals surface area contributed by atoms with Gasteiger partial charge >= 0.3 is 6.03 Å². The lowest BCUT2D eigenvalue weighted by molar-refractivity contribution is 0.0984. The van der Waals surface area contributed by atoms with Gasteiger partial charge in [0.25, 0.3) is 0 Å². The van der Waals surface area contributed by atoms with E-state index in [0.29, 0.717) is 0 Å². The molecule has 17 heavy (non-hydrogen) atoms. The van der Waals surface area contributed by atoms with Gasteiger partial charge in [-0.1, -0.05) is 17.7 Å². The van der Waals surface area contributed by atoms with Crippen molar-refractivity contribution in [2.45, 2.75) is 31.7 Å². The van der Waals surface area contributed by atoms with Crippen molar-refractivity contribution in [1.29, 1.82) is 0 Å². The minimum atomic E-state index is -0.394. The van der Waals surface area contributed by atoms with Crippen LogP contribution in [0.3, 0.4) is 0 Å². The second kappa shape index (κ2) is 4.75. The number of carbonyl (C=O) groups excluding carboxylic acids is 1. The molecule has 0 unspecified atom stereocenters. The highest BCUT2D eigenvalue weighted by Gasteiger charge is 2.37. The molecule has 1 fully saturated rings. The van der Waals surface area contributed by atoms with Crippen LogP contribution in [0.5, 0.6) is 0 Å². The molecule has 0 atom stereocenters. The summed E-state index contributed by atoms with van der Waals surface area (Å²) < 4.78 is 0. The fourth-order valence-electron chi connectivity index (χ4n) is 1.97. The molecule has 4 heteroatoms. The number of aryl methyl sites for hydroxylation is 1. The molecule has 0 saturated heterocycles. The van der Waals surface area contributed by atoms with Crippen molar-refractivity contribution >= 4 is 11.7 Å². The Bertz CT molecular complexity index is 391. The van der Waals surface area contributed by atoms with E-state index >= 15 is 0 Å². The number of amides is 2. The maximum atomic E-state index is 11.7. The Morgan fingerprint density at radius 2 is 2.00 bits per heavy atom. The van der Waals surface area contributed by atoms with Crippen LogP contribution in [0.1, 0.15) is 24.8 Å². The fourth-order valence-corrected chi connectivity index (χ4v) is 1.97. The Hall–Kier alpha value is -1.55. The third kappa shape index (κ3) is 2.77. The number of nitrogens with one attached hydrogen (secondary N) is 2. The minimum Gasteiger partial charge on any atom is -0.394 e. The molecule has 92 valence electrons. The van der Waals surface area contributed by atoms with E-state index in [9.17, 15) is 9.90 Å². The normalized spacial score (nSPS) is 17.1. The summed E-state index contributed by atoms with van der Waals surface area (Å²) >= 11 is 0. The molecule has 0 aromatic heterocycles. The van der Waals surface area contributed by atoms with E-state index in [-0.39, 0.29) is 12.6 Å². The average molecular weight is 234 g/mol. The standard InChI is InChI=1S/C13H18N2O2/c1-10-3-5-11(6-4-10)14-12(17)15-13(9-16)7-2-8-13/h3-6,16H,2,7-9H2,1H3,(H2,14,15,17). The summed E-state index contributed by atoms with van der Waals surface area (Å²) in [5.74, 6) is 0. The lowest BCUT2D eigenvalue weighted by Gasteiger charge is -2.40. The molecule has 0 bridgehead atoms. The minimum absolute atomic E-state index is 0.00825. The van der Waals surface area contributed by atoms with Crippen molar-refractivity contribution < 1.29 is 9.90 Å². The molecular formula is C13H18N2O2. The summed E-state index contributed by atoms with van der Waals surface area (Å²) in [4.78, 5) is 11.7. The highest BCUT2D eigenvalue weighted by molar-refractivity contribution is 5.89. The summed E-state index contributed by atoms with van der Waals surface area (Å²) in [5.41, 5.74) is 1.52. The SMILES string of the molecule is Cc1ccc(NC(=O)NC2(CO)CCC2)cc1. The first-order chi connectivity index (χ1) is 8.13. The van der Waals surface area contributed by atoms with Crippen LogP contribution in [0.15, 0.2) is 24.3 Å². The summed E-state index contributed by atoms with van der Waals surface area (Å²) in [5, 5.41) is 14.9. The van der Waals surface area contributed by atoms with Gasteiger partial charge in [0.15, 0.2) is 0 Å². The van der Waals surface area contributed by atoms with E-state index in [4.69, 9.17) is 0 Å². The van der Waals surface area contributed by atoms with Crippen LogP contribution in [0.25, 0.3) is 0 Å². The average Bonchev–Trinajstić information content (AvgIpc) is 2.27. The third-order valence-corrected chi connectivity index (χ3v) is 3.30. The highest BCUT2D eigenvalue weighted by atomic mass is 16.3. The number of urea groups is 1. The molecule has 0 aliphatic heterocycles. The van der Waals surface area contributed by atoms with E-state index in [1.165, 1.54) is 0 Å². The summed E-state index contributed by atoms with van der Waals surface area (Å²) in [6.07, 6.45) is 2.76. The van der Waals surface area contributed by atoms with Gasteiger partial charge in [-0.25, -0.2) is 4.79 Å². The van der Waals surface area contributed by atoms with Gasteiger partial charge in [0, 0.05) is 5.69 Å². The number of aliphatic hydroxyl groups is 1. The van der Waals surface area contributed by atoms with Gasteiger partial charge in [-0.3, -0.25) is 0 Å². The molecule has 4 nitrogen and oxygen atoms in total. The smallest absolute Gasteiger partial charge is 0.319 e. The first-order valence-electron chi connectivity index (χ1n) is 5.90. The van der Waals surface area contributed by atoms with Crippen molar-refractivity contribution in [3.63, 3.8) is 0 Å². The van der Waals surface area contributed by atoms with Gasteiger partial charge in [-0.15, -0.1) is 0 Å². The monoisotopic (exact) mass is 234 g/mol. The molecular weight excluding hydrogens is 216 g/mol. The maximum absolute atomic E-state index is 11.7. The van der Waals surface area contributed by atoms with Crippen molar-refractivity contribution in [2.75, 3.05) is 11.9 Å². The Morgan fingerprint density at radius 1 is 1.35 bits per heavy atom. The Balaban J connectivity index is 1.91. The summed E-state index contributed by atoms with van der Waals surface area (Å²) in [7, 11) is 0. The van der Waals surface area contributed by atoms with E-state index in [1.54, 1.807) is 0 Å². The van der Waals surface area contributed by atoms with Crippen molar-refractivity contribution in [1.82, 2.24) is 5.32 Å². The molecule has 1 saturated carbocycles. The zero-order chi connectivity index (χ0) is 12.3. The first kappa shape index (κ1) is 11.9. The summed E-state index contributed by atoms with van der Waals surface area (Å²) in [6, 6.07) is 7.37. The van der Waals surface area contributed by atoms with Crippen LogP contribution in [-0.2, 0) is 0 Å². The highest BCUT2D eigenvalue weighted by Crippen LogP contribution is 2.31. The Labute approximate surface area is 101 Å². The lowest BCUT2D eigenvalue weighted by atomic mass is 9.77. The molecule has 0 radical (unpaired) electrons. The molecule has 0 heterocycles. The number of benzene rings is 1. The number of carbonyl (C=O) groups is 1. The largest absolute Gasteiger partial charge is 0.394 e. The van der Waals surface area contributed by atoms with E-state index < -0.39 is 5.54 Å². The number of rotatable bonds is 3. The second-order valence-corrected chi connectivity index (χ2v) is 4.74. The molecule has 1 aromatic carbocycles. The number of anilines is 1. The quantitative estimate of drug-likeness (QED) is 0.749. The Morgan fingerprint density at radius 3 is 2.47 bits per heavy atom. The van der Waals surface area contributed by atoms with E-state index in [2.05, 4.69) is 10.6 Å². The third-order valence-electron chi connectivity index (χ3n) is 3.30. The molecule has 1 aromatic rings. The molecule has 2 rings (SSSR count).